The van der Waals surface area contributed by atoms with E-state index in [2.05, 4.69) is 0 Å². The van der Waals surface area contributed by atoms with Crippen LogP contribution in [0.4, 0.5) is 13.2 Å². The number of hydrogen-bond donors (Lipinski definition) is 2. The first kappa shape index (κ1) is 16.0. The molecule has 1 amide bonds. The monoisotopic (exact) mass is 308 g/mol. The number of nitrogens with two attached hydrogens (primary N) is 1. The maximum atomic E-state index is 12.5. The van der Waals surface area contributed by atoms with E-state index in [0.717, 1.165) is 0 Å². The van der Waals surface area contributed by atoms with Gasteiger partial charge in [0.2, 0.25) is 0 Å². The van der Waals surface area contributed by atoms with E-state index in [-0.39, 0.29) is 0 Å². The summed E-state index contributed by atoms with van der Waals surface area (Å²) in [7, 11) is 0. The Morgan fingerprint density at radius 2 is 1.36 bits per heavy atom. The van der Waals surface area contributed by atoms with Gasteiger partial charge in [0.25, 0.3) is 0 Å². The fourth-order valence-electron chi connectivity index (χ4n) is 2.13. The number of rotatable bonds is 4. The Morgan fingerprint density at radius 1 is 0.909 bits per heavy atom. The van der Waals surface area contributed by atoms with Crippen molar-refractivity contribution in [2.45, 2.75) is 18.3 Å². The number of carbonyl (C=O) groups is 1. The van der Waals surface area contributed by atoms with Crippen LogP contribution in [-0.4, -0.2) is 12.1 Å². The maximum Gasteiger partial charge on any atom is 0.471 e. The zero-order chi connectivity index (χ0) is 16.2. The maximum absolute atomic E-state index is 12.5. The number of hydrogen-bond acceptors (Lipinski definition) is 2. The molecule has 0 aliphatic carbocycles. The largest absolute Gasteiger partial charge is 0.471 e. The molecule has 0 saturated carbocycles. The molecule has 0 spiro atoms. The van der Waals surface area contributed by atoms with Crippen LogP contribution >= 0.6 is 0 Å². The fourth-order valence-corrected chi connectivity index (χ4v) is 2.13. The van der Waals surface area contributed by atoms with E-state index >= 15 is 0 Å². The summed E-state index contributed by atoms with van der Waals surface area (Å²) in [6.45, 7) is 0. The summed E-state index contributed by atoms with van der Waals surface area (Å²) in [5.74, 6) is -2.01. The van der Waals surface area contributed by atoms with Crippen LogP contribution in [0.1, 0.15) is 23.2 Å². The normalized spacial score (nSPS) is 14.2. The highest BCUT2D eigenvalue weighted by Crippen LogP contribution is 2.28. The zero-order valence-electron chi connectivity index (χ0n) is 11.5. The molecule has 0 unspecified atom stereocenters. The number of halogens is 3. The van der Waals surface area contributed by atoms with Crippen LogP contribution in [0.25, 0.3) is 0 Å². The van der Waals surface area contributed by atoms with Gasteiger partial charge in [-0.2, -0.15) is 13.2 Å². The highest BCUT2D eigenvalue weighted by Gasteiger charge is 2.40. The van der Waals surface area contributed by atoms with Gasteiger partial charge < -0.3 is 11.1 Å². The molecular weight excluding hydrogens is 293 g/mol. The van der Waals surface area contributed by atoms with Gasteiger partial charge in [0.15, 0.2) is 0 Å². The number of benzene rings is 2. The molecule has 0 bridgehead atoms. The summed E-state index contributed by atoms with van der Waals surface area (Å²) in [5.41, 5.74) is 7.23. The van der Waals surface area contributed by atoms with Gasteiger partial charge in [0.1, 0.15) is 0 Å². The van der Waals surface area contributed by atoms with E-state index in [4.69, 9.17) is 5.73 Å². The first-order valence-electron chi connectivity index (χ1n) is 6.63. The van der Waals surface area contributed by atoms with Gasteiger partial charge in [-0.15, -0.1) is 0 Å². The Bertz CT molecular complexity index is 614. The van der Waals surface area contributed by atoms with Gasteiger partial charge in [-0.1, -0.05) is 60.7 Å². The van der Waals surface area contributed by atoms with Crippen LogP contribution in [0, 0.1) is 0 Å². The van der Waals surface area contributed by atoms with Crippen molar-refractivity contribution in [2.24, 2.45) is 5.73 Å². The lowest BCUT2D eigenvalue weighted by Crippen LogP contribution is -2.42. The first-order chi connectivity index (χ1) is 10.4. The molecule has 0 aliphatic heterocycles. The molecule has 2 aromatic carbocycles. The van der Waals surface area contributed by atoms with Crippen molar-refractivity contribution in [3.8, 4) is 0 Å². The third kappa shape index (κ3) is 3.85. The molecule has 0 saturated heterocycles. The summed E-state index contributed by atoms with van der Waals surface area (Å²) in [4.78, 5) is 11.3. The molecule has 0 radical (unpaired) electrons. The van der Waals surface area contributed by atoms with Crippen LogP contribution in [-0.2, 0) is 4.79 Å². The third-order valence-electron chi connectivity index (χ3n) is 3.25. The van der Waals surface area contributed by atoms with Crippen molar-refractivity contribution >= 4 is 5.91 Å². The Hall–Kier alpha value is -2.34. The molecule has 2 atom stereocenters. The molecule has 0 fully saturated rings. The van der Waals surface area contributed by atoms with Gasteiger partial charge >= 0.3 is 12.1 Å². The summed E-state index contributed by atoms with van der Waals surface area (Å²) in [6.07, 6.45) is -4.95. The van der Waals surface area contributed by atoms with Gasteiger partial charge in [-0.25, -0.2) is 0 Å². The average Bonchev–Trinajstić information content (AvgIpc) is 2.52. The van der Waals surface area contributed by atoms with Crippen LogP contribution in [0.3, 0.4) is 0 Å². The summed E-state index contributed by atoms with van der Waals surface area (Å²) in [6, 6.07) is 15.3. The lowest BCUT2D eigenvalue weighted by atomic mass is 9.94. The summed E-state index contributed by atoms with van der Waals surface area (Å²) >= 11 is 0. The quantitative estimate of drug-likeness (QED) is 0.912. The van der Waals surface area contributed by atoms with E-state index in [1.807, 2.05) is 5.32 Å². The minimum absolute atomic E-state index is 0.511. The van der Waals surface area contributed by atoms with Crippen LogP contribution in [0.2, 0.25) is 0 Å². The van der Waals surface area contributed by atoms with Crippen LogP contribution < -0.4 is 11.1 Å². The highest BCUT2D eigenvalue weighted by atomic mass is 19.4. The highest BCUT2D eigenvalue weighted by molar-refractivity contribution is 5.82. The standard InChI is InChI=1S/C16H15F3N2O/c17-16(18,19)15(22)21-14(12-9-5-2-6-10-12)13(20)11-7-3-1-4-8-11/h1-10,13-14H,20H2,(H,21,22)/t13-,14-/m0/s1. The predicted molar refractivity (Wildman–Crippen MR) is 76.8 cm³/mol. The molecule has 3 nitrogen and oxygen atoms in total. The second kappa shape index (κ2) is 6.62. The number of nitrogens with one attached hydrogen (secondary N) is 1. The zero-order valence-corrected chi connectivity index (χ0v) is 11.5. The van der Waals surface area contributed by atoms with E-state index in [0.29, 0.717) is 11.1 Å². The van der Waals surface area contributed by atoms with E-state index in [1.165, 1.54) is 0 Å². The molecule has 3 N–H and O–H groups in total. The van der Waals surface area contributed by atoms with Crippen molar-refractivity contribution in [2.75, 3.05) is 0 Å². The number of carbonyl (C=O) groups excluding carboxylic acids is 1. The molecule has 2 aromatic rings. The fraction of sp³-hybridized carbons (Fsp3) is 0.188. The van der Waals surface area contributed by atoms with Gasteiger partial charge in [-0.05, 0) is 11.1 Å². The van der Waals surface area contributed by atoms with E-state index in [1.54, 1.807) is 60.7 Å². The summed E-state index contributed by atoms with van der Waals surface area (Å²) in [5, 5.41) is 1.98. The molecule has 22 heavy (non-hydrogen) atoms. The lowest BCUT2D eigenvalue weighted by molar-refractivity contribution is -0.174. The minimum Gasteiger partial charge on any atom is -0.340 e. The van der Waals surface area contributed by atoms with Crippen molar-refractivity contribution in [1.29, 1.82) is 0 Å². The average molecular weight is 308 g/mol. The third-order valence-corrected chi connectivity index (χ3v) is 3.25. The first-order valence-corrected chi connectivity index (χ1v) is 6.63. The van der Waals surface area contributed by atoms with Crippen molar-refractivity contribution in [3.05, 3.63) is 71.8 Å². The van der Waals surface area contributed by atoms with Gasteiger partial charge in [0.05, 0.1) is 12.1 Å². The topological polar surface area (TPSA) is 55.1 Å². The summed E-state index contributed by atoms with van der Waals surface area (Å²) < 4.78 is 37.6. The second-order valence-electron chi connectivity index (χ2n) is 4.80. The second-order valence-corrected chi connectivity index (χ2v) is 4.80. The van der Waals surface area contributed by atoms with Crippen LogP contribution in [0.5, 0.6) is 0 Å². The molecular formula is C16H15F3N2O. The number of alkyl halides is 3. The van der Waals surface area contributed by atoms with Gasteiger partial charge in [0, 0.05) is 0 Å². The number of amides is 1. The molecule has 0 aliphatic rings. The molecule has 116 valence electrons. The predicted octanol–water partition coefficient (Wildman–Crippen LogP) is 3.11. The Morgan fingerprint density at radius 3 is 1.82 bits per heavy atom. The van der Waals surface area contributed by atoms with Gasteiger partial charge in [-0.3, -0.25) is 4.79 Å². The Labute approximate surface area is 125 Å². The Kier molecular flexibility index (Phi) is 4.82. The SMILES string of the molecule is N[C@@H](c1ccccc1)[C@@H](NC(=O)C(F)(F)F)c1ccccc1. The van der Waals surface area contributed by atoms with Crippen LogP contribution in [0.15, 0.2) is 60.7 Å². The molecule has 6 heteroatoms. The van der Waals surface area contributed by atoms with Crippen molar-refractivity contribution in [1.82, 2.24) is 5.32 Å². The van der Waals surface area contributed by atoms with Crippen molar-refractivity contribution in [3.63, 3.8) is 0 Å². The molecule has 0 aromatic heterocycles. The lowest BCUT2D eigenvalue weighted by Gasteiger charge is -2.26. The van der Waals surface area contributed by atoms with E-state index in [9.17, 15) is 18.0 Å². The molecule has 2 rings (SSSR count). The van der Waals surface area contributed by atoms with Crippen molar-refractivity contribution < 1.29 is 18.0 Å². The Balaban J connectivity index is 2.32. The minimum atomic E-state index is -4.95. The molecule has 0 heterocycles. The smallest absolute Gasteiger partial charge is 0.340 e. The van der Waals surface area contributed by atoms with E-state index < -0.39 is 24.2 Å².